The third-order valence-corrected chi connectivity index (χ3v) is 2.50. The molecule has 0 heterocycles. The molecule has 0 unspecified atom stereocenters. The number of phenols is 1. The number of amides is 1. The maximum Gasteiger partial charge on any atom is 0.263 e. The number of carbonyl (C=O) groups excluding carboxylic acids is 1. The predicted octanol–water partition coefficient (Wildman–Crippen LogP) is 0.0403. The fourth-order valence-electron chi connectivity index (χ4n) is 1.47. The largest absolute Gasteiger partial charge is 0.508 e. The van der Waals surface area contributed by atoms with E-state index in [4.69, 9.17) is 15.5 Å². The van der Waals surface area contributed by atoms with Crippen LogP contribution in [-0.4, -0.2) is 35.8 Å². The van der Waals surface area contributed by atoms with E-state index in [1.54, 1.807) is 30.3 Å². The molecule has 4 N–H and O–H groups in total. The number of nitrogens with zero attached hydrogens (tertiary/aromatic N) is 1. The topological polar surface area (TPSA) is 105 Å². The maximum atomic E-state index is 11.7. The number of aliphatic hydroxyl groups excluding tert-OH is 1. The van der Waals surface area contributed by atoms with Crippen molar-refractivity contribution in [1.29, 1.82) is 5.26 Å². The van der Waals surface area contributed by atoms with E-state index < -0.39 is 5.91 Å². The first-order valence-electron chi connectivity index (χ1n) is 6.18. The molecule has 0 saturated heterocycles. The Bertz CT molecular complexity index is 503. The monoisotopic (exact) mass is 275 g/mol. The molecule has 6 nitrogen and oxygen atoms in total. The second-order valence-corrected chi connectivity index (χ2v) is 4.02. The molecule has 0 spiro atoms. The molecule has 0 bridgehead atoms. The lowest BCUT2D eigenvalue weighted by molar-refractivity contribution is -0.117. The lowest BCUT2D eigenvalue weighted by atomic mass is 10.1. The molecule has 1 aromatic rings. The lowest BCUT2D eigenvalue weighted by Gasteiger charge is -2.05. The second-order valence-electron chi connectivity index (χ2n) is 4.02. The van der Waals surface area contributed by atoms with Crippen molar-refractivity contribution < 1.29 is 15.0 Å². The van der Waals surface area contributed by atoms with Gasteiger partial charge in [-0.3, -0.25) is 4.79 Å². The van der Waals surface area contributed by atoms with E-state index in [1.165, 1.54) is 6.20 Å². The summed E-state index contributed by atoms with van der Waals surface area (Å²) in [6, 6.07) is 8.49. The molecule has 0 aliphatic heterocycles. The summed E-state index contributed by atoms with van der Waals surface area (Å²) < 4.78 is 0. The number of hydrogen-bond acceptors (Lipinski definition) is 5. The zero-order chi connectivity index (χ0) is 14.8. The number of carbonyl (C=O) groups is 1. The van der Waals surface area contributed by atoms with Gasteiger partial charge in [-0.05, 0) is 24.1 Å². The Balaban J connectivity index is 2.40. The summed E-state index contributed by atoms with van der Waals surface area (Å²) in [5.74, 6) is -0.265. The Labute approximate surface area is 117 Å². The number of hydrogen-bond donors (Lipinski definition) is 4. The summed E-state index contributed by atoms with van der Waals surface area (Å²) in [6.07, 6.45) is 1.89. The number of nitrogens with one attached hydrogen (secondary N) is 2. The quantitative estimate of drug-likeness (QED) is 0.319. The van der Waals surface area contributed by atoms with Gasteiger partial charge >= 0.3 is 0 Å². The highest BCUT2D eigenvalue weighted by molar-refractivity contribution is 5.97. The number of phenolic OH excluding ortho intramolecular Hbond substituents is 1. The molecule has 0 aliphatic carbocycles. The summed E-state index contributed by atoms with van der Waals surface area (Å²) in [6.45, 7) is 0.603. The van der Waals surface area contributed by atoms with Gasteiger partial charge in [0.05, 0.1) is 6.61 Å². The Hall–Kier alpha value is -2.52. The van der Waals surface area contributed by atoms with Crippen LogP contribution in [0.2, 0.25) is 0 Å². The van der Waals surface area contributed by atoms with Gasteiger partial charge in [0, 0.05) is 19.3 Å². The van der Waals surface area contributed by atoms with Crippen molar-refractivity contribution in [2.45, 2.75) is 6.42 Å². The highest BCUT2D eigenvalue weighted by Crippen LogP contribution is 2.09. The third-order valence-electron chi connectivity index (χ3n) is 2.50. The van der Waals surface area contributed by atoms with Crippen molar-refractivity contribution in [2.24, 2.45) is 0 Å². The van der Waals surface area contributed by atoms with E-state index in [2.05, 4.69) is 10.6 Å². The van der Waals surface area contributed by atoms with Crippen LogP contribution in [0.5, 0.6) is 5.75 Å². The molecule has 0 radical (unpaired) electrons. The molecule has 106 valence electrons. The Morgan fingerprint density at radius 3 is 2.60 bits per heavy atom. The van der Waals surface area contributed by atoms with Gasteiger partial charge in [-0.2, -0.15) is 5.26 Å². The summed E-state index contributed by atoms with van der Waals surface area (Å²) in [5.41, 5.74) is 0.938. The van der Waals surface area contributed by atoms with Crippen LogP contribution in [-0.2, 0) is 11.2 Å². The predicted molar refractivity (Wildman–Crippen MR) is 73.6 cm³/mol. The summed E-state index contributed by atoms with van der Waals surface area (Å²) >= 11 is 0. The normalized spacial score (nSPS) is 10.7. The van der Waals surface area contributed by atoms with Crippen LogP contribution in [0.1, 0.15) is 5.56 Å². The van der Waals surface area contributed by atoms with E-state index >= 15 is 0 Å². The fourth-order valence-corrected chi connectivity index (χ4v) is 1.47. The van der Waals surface area contributed by atoms with Crippen LogP contribution in [0.4, 0.5) is 0 Å². The van der Waals surface area contributed by atoms with Crippen molar-refractivity contribution >= 4 is 5.91 Å². The molecule has 0 fully saturated rings. The first kappa shape index (κ1) is 15.5. The molecule has 20 heavy (non-hydrogen) atoms. The van der Waals surface area contributed by atoms with Crippen LogP contribution in [0, 0.1) is 11.3 Å². The van der Waals surface area contributed by atoms with Gasteiger partial charge in [-0.1, -0.05) is 12.1 Å². The van der Waals surface area contributed by atoms with Crippen molar-refractivity contribution in [2.75, 3.05) is 19.7 Å². The van der Waals surface area contributed by atoms with Crippen LogP contribution in [0.15, 0.2) is 36.0 Å². The number of aliphatic hydroxyl groups is 1. The molecular weight excluding hydrogens is 258 g/mol. The average molecular weight is 275 g/mol. The Kier molecular flexibility index (Phi) is 6.65. The first-order chi connectivity index (χ1) is 9.67. The van der Waals surface area contributed by atoms with Crippen LogP contribution < -0.4 is 10.6 Å². The minimum absolute atomic E-state index is 0.0378. The summed E-state index contributed by atoms with van der Waals surface area (Å²) in [4.78, 5) is 11.7. The van der Waals surface area contributed by atoms with Gasteiger partial charge in [-0.15, -0.1) is 0 Å². The van der Waals surface area contributed by atoms with Gasteiger partial charge in [0.25, 0.3) is 5.91 Å². The highest BCUT2D eigenvalue weighted by atomic mass is 16.3. The molecule has 1 rings (SSSR count). The molecular formula is C14H17N3O3. The SMILES string of the molecule is N#C/C(=C/NCCO)C(=O)NCCc1ccc(O)cc1. The summed E-state index contributed by atoms with van der Waals surface area (Å²) in [5, 5.41) is 31.8. The Morgan fingerprint density at radius 2 is 2.00 bits per heavy atom. The van der Waals surface area contributed by atoms with E-state index in [1.807, 2.05) is 0 Å². The molecule has 0 atom stereocenters. The second kappa shape index (κ2) is 8.56. The minimum Gasteiger partial charge on any atom is -0.508 e. The highest BCUT2D eigenvalue weighted by Gasteiger charge is 2.07. The van der Waals surface area contributed by atoms with Gasteiger partial charge in [0.2, 0.25) is 0 Å². The van der Waals surface area contributed by atoms with Crippen LogP contribution >= 0.6 is 0 Å². The van der Waals surface area contributed by atoms with Gasteiger partial charge < -0.3 is 20.8 Å². The van der Waals surface area contributed by atoms with Crippen LogP contribution in [0.25, 0.3) is 0 Å². The van der Waals surface area contributed by atoms with Gasteiger partial charge in [0.15, 0.2) is 0 Å². The van der Waals surface area contributed by atoms with Crippen molar-refractivity contribution in [1.82, 2.24) is 10.6 Å². The molecule has 1 amide bonds. The molecule has 0 aliphatic rings. The van der Waals surface area contributed by atoms with Gasteiger partial charge in [0.1, 0.15) is 17.4 Å². The van der Waals surface area contributed by atoms with E-state index in [-0.39, 0.29) is 24.5 Å². The van der Waals surface area contributed by atoms with Crippen molar-refractivity contribution in [3.8, 4) is 11.8 Å². The number of rotatable bonds is 7. The first-order valence-corrected chi connectivity index (χ1v) is 6.18. The molecule has 0 aromatic heterocycles. The smallest absolute Gasteiger partial charge is 0.263 e. The number of nitriles is 1. The minimum atomic E-state index is -0.461. The average Bonchev–Trinajstić information content (AvgIpc) is 2.45. The van der Waals surface area contributed by atoms with Crippen molar-refractivity contribution in [3.63, 3.8) is 0 Å². The lowest BCUT2D eigenvalue weighted by Crippen LogP contribution is -2.28. The number of aromatic hydroxyl groups is 1. The van der Waals surface area contributed by atoms with Crippen molar-refractivity contribution in [3.05, 3.63) is 41.6 Å². The van der Waals surface area contributed by atoms with E-state index in [9.17, 15) is 4.79 Å². The third kappa shape index (κ3) is 5.42. The summed E-state index contributed by atoms with van der Waals surface area (Å²) in [7, 11) is 0. The van der Waals surface area contributed by atoms with Gasteiger partial charge in [-0.25, -0.2) is 0 Å². The molecule has 1 aromatic carbocycles. The number of benzene rings is 1. The van der Waals surface area contributed by atoms with E-state index in [0.29, 0.717) is 13.0 Å². The standard InChI is InChI=1S/C14H17N3O3/c15-9-12(10-16-7-8-18)14(20)17-6-5-11-1-3-13(19)4-2-11/h1-4,10,16,18-19H,5-8H2,(H,17,20)/b12-10-. The van der Waals surface area contributed by atoms with Crippen LogP contribution in [0.3, 0.4) is 0 Å². The zero-order valence-electron chi connectivity index (χ0n) is 11.0. The Morgan fingerprint density at radius 1 is 1.30 bits per heavy atom. The zero-order valence-corrected chi connectivity index (χ0v) is 11.0. The molecule has 6 heteroatoms. The maximum absolute atomic E-state index is 11.7. The molecule has 0 saturated carbocycles. The fraction of sp³-hybridized carbons (Fsp3) is 0.286. The van der Waals surface area contributed by atoms with E-state index in [0.717, 1.165) is 5.56 Å².